The Balaban J connectivity index is -0.000000140. The molecule has 0 unspecified atom stereocenters. The summed E-state index contributed by atoms with van der Waals surface area (Å²) < 4.78 is 104. The minimum absolute atomic E-state index is 0. The van der Waals surface area contributed by atoms with Crippen molar-refractivity contribution < 1.29 is 170 Å². The summed E-state index contributed by atoms with van der Waals surface area (Å²) in [6, 6.07) is 0. The summed E-state index contributed by atoms with van der Waals surface area (Å²) in [6.07, 6.45) is 43.7. The van der Waals surface area contributed by atoms with Crippen LogP contribution >= 0.6 is 0 Å². The summed E-state index contributed by atoms with van der Waals surface area (Å²) >= 11 is 0. The fourth-order valence-corrected chi connectivity index (χ4v) is 7.28. The first kappa shape index (κ1) is 78.8. The predicted octanol–water partition coefficient (Wildman–Crippen LogP) is 0.509. The SMILES string of the molecule is CCCCCCCCCCCCCCCCOS(=O)(=O)[O-].CCCCCCCCCCCCCCOS(=O)(=O)[O-].CCCCCCCCCCCCOS(=O)(=O)[O-].[Na+].[Na+].[Na+].[Na+]. The van der Waals surface area contributed by atoms with E-state index < -0.39 is 31.2 Å². The van der Waals surface area contributed by atoms with Gasteiger partial charge in [0.1, 0.15) is 0 Å². The van der Waals surface area contributed by atoms with E-state index in [0.717, 1.165) is 38.5 Å². The van der Waals surface area contributed by atoms with Crippen molar-refractivity contribution in [2.75, 3.05) is 19.8 Å². The molecule has 0 bridgehead atoms. The molecule has 348 valence electrons. The second-order valence-corrected chi connectivity index (χ2v) is 18.5. The fraction of sp³-hybridized carbons (Fsp3) is 1.00. The van der Waals surface area contributed by atoms with E-state index in [1.165, 1.54) is 173 Å². The number of rotatable bonds is 42. The van der Waals surface area contributed by atoms with E-state index >= 15 is 0 Å². The second kappa shape index (κ2) is 61.6. The van der Waals surface area contributed by atoms with Gasteiger partial charge >= 0.3 is 118 Å². The van der Waals surface area contributed by atoms with Crippen molar-refractivity contribution in [2.24, 2.45) is 0 Å². The summed E-state index contributed by atoms with van der Waals surface area (Å²) in [6.45, 7) is 6.79. The molecule has 61 heavy (non-hydrogen) atoms. The molecule has 19 heteroatoms. The Morgan fingerprint density at radius 1 is 0.246 bits per heavy atom. The van der Waals surface area contributed by atoms with Gasteiger partial charge in [-0.15, -0.1) is 0 Å². The van der Waals surface area contributed by atoms with Gasteiger partial charge in [0, 0.05) is 0 Å². The van der Waals surface area contributed by atoms with Crippen LogP contribution in [-0.4, -0.2) is 58.7 Å². The van der Waals surface area contributed by atoms with Crippen molar-refractivity contribution in [1.82, 2.24) is 0 Å². The first-order valence-electron chi connectivity index (χ1n) is 23.0. The molecule has 0 aromatic carbocycles. The van der Waals surface area contributed by atoms with Gasteiger partial charge in [0.15, 0.2) is 0 Å². The largest absolute Gasteiger partial charge is 1.00 e. The van der Waals surface area contributed by atoms with Gasteiger partial charge in [-0.05, 0) is 19.3 Å². The van der Waals surface area contributed by atoms with Crippen LogP contribution in [0, 0.1) is 0 Å². The molecule has 0 rings (SSSR count). The summed E-state index contributed by atoms with van der Waals surface area (Å²) in [4.78, 5) is 0. The molecule has 0 aliphatic carbocycles. The van der Waals surface area contributed by atoms with Gasteiger partial charge < -0.3 is 13.7 Å². The van der Waals surface area contributed by atoms with E-state index in [9.17, 15) is 38.9 Å². The molecule has 0 heterocycles. The molecular formula is C42H87Na4O12S3+. The molecule has 0 saturated heterocycles. The fourth-order valence-electron chi connectivity index (χ4n) is 6.31. The molecule has 0 N–H and O–H groups in total. The Morgan fingerprint density at radius 3 is 0.475 bits per heavy atom. The molecule has 0 fully saturated rings. The third-order valence-corrected chi connectivity index (χ3v) is 11.0. The minimum Gasteiger partial charge on any atom is -0.726 e. The monoisotopic (exact) mass is 971 g/mol. The zero-order valence-electron chi connectivity index (χ0n) is 40.7. The Labute approximate surface area is 466 Å². The predicted molar refractivity (Wildman–Crippen MR) is 230 cm³/mol. The standard InChI is InChI=1S/C16H34O4S.C14H30O4S.C12H26O4S.4Na/c1-2-3-4-5-6-7-8-9-10-11-12-13-14-15-16-20-21(17,18)19;1-2-3-4-5-6-7-8-9-10-11-12-13-14-18-19(15,16)17;1-2-3-4-5-6-7-8-9-10-11-12-16-17(13,14)15;;;;/h2-16H2,1H3,(H,17,18,19);2-14H2,1H3,(H,15,16,17);2-12H2,1H3,(H,13,14,15);;;;/q;;;4*+1/p-3. The molecule has 0 spiro atoms. The van der Waals surface area contributed by atoms with Crippen LogP contribution in [0.1, 0.15) is 252 Å². The quantitative estimate of drug-likeness (QED) is 0.0356. The average molecular weight is 972 g/mol. The third kappa shape index (κ3) is 90.6. The molecule has 0 amide bonds. The van der Waals surface area contributed by atoms with Crippen molar-refractivity contribution in [3.8, 4) is 0 Å². The zero-order valence-corrected chi connectivity index (χ0v) is 51.2. The van der Waals surface area contributed by atoms with Crippen LogP contribution in [0.3, 0.4) is 0 Å². The van der Waals surface area contributed by atoms with Gasteiger partial charge in [-0.25, -0.2) is 25.3 Å². The summed E-state index contributed by atoms with van der Waals surface area (Å²) in [7, 11) is -13.5. The van der Waals surface area contributed by atoms with E-state index in [0.29, 0.717) is 19.3 Å². The van der Waals surface area contributed by atoms with Crippen molar-refractivity contribution in [3.63, 3.8) is 0 Å². The maximum atomic E-state index is 10.2. The van der Waals surface area contributed by atoms with Crippen LogP contribution in [0.25, 0.3) is 0 Å². The molecule has 0 aromatic heterocycles. The molecule has 0 aromatic rings. The van der Waals surface area contributed by atoms with Crippen molar-refractivity contribution >= 4 is 31.2 Å². The van der Waals surface area contributed by atoms with E-state index in [4.69, 9.17) is 0 Å². The summed E-state index contributed by atoms with van der Waals surface area (Å²) in [5.74, 6) is 0. The number of unbranched alkanes of at least 4 members (excludes halogenated alkanes) is 33. The molecule has 0 atom stereocenters. The maximum absolute atomic E-state index is 10.2. The van der Waals surface area contributed by atoms with E-state index in [1.807, 2.05) is 0 Å². The first-order valence-corrected chi connectivity index (χ1v) is 27.0. The Morgan fingerprint density at radius 2 is 0.361 bits per heavy atom. The molecule has 0 aliphatic heterocycles. The van der Waals surface area contributed by atoms with Crippen LogP contribution in [0.5, 0.6) is 0 Å². The molecule has 0 saturated carbocycles. The topological polar surface area (TPSA) is 199 Å². The van der Waals surface area contributed by atoms with Crippen molar-refractivity contribution in [3.05, 3.63) is 0 Å². The van der Waals surface area contributed by atoms with E-state index in [-0.39, 0.29) is 138 Å². The van der Waals surface area contributed by atoms with E-state index in [1.54, 1.807) is 0 Å². The Bertz CT molecular complexity index is 1120. The first-order chi connectivity index (χ1) is 27.2. The second-order valence-electron chi connectivity index (χ2n) is 15.4. The van der Waals surface area contributed by atoms with Crippen LogP contribution < -0.4 is 118 Å². The minimum atomic E-state index is -4.49. The van der Waals surface area contributed by atoms with Gasteiger partial charge in [0.25, 0.3) is 0 Å². The van der Waals surface area contributed by atoms with Crippen molar-refractivity contribution in [1.29, 1.82) is 0 Å². The maximum Gasteiger partial charge on any atom is 1.00 e. The summed E-state index contributed by atoms with van der Waals surface area (Å²) in [5.41, 5.74) is 0. The van der Waals surface area contributed by atoms with Gasteiger partial charge in [0.2, 0.25) is 31.2 Å². The average Bonchev–Trinajstić information content (AvgIpc) is 3.13. The number of hydrogen-bond donors (Lipinski definition) is 0. The smallest absolute Gasteiger partial charge is 0.726 e. The van der Waals surface area contributed by atoms with Crippen LogP contribution in [-0.2, 0) is 43.7 Å². The molecular weight excluding hydrogens is 885 g/mol. The molecule has 0 aliphatic rings. The van der Waals surface area contributed by atoms with E-state index in [2.05, 4.69) is 33.3 Å². The Hall–Kier alpha value is 3.61. The van der Waals surface area contributed by atoms with Gasteiger partial charge in [0.05, 0.1) is 19.8 Å². The normalized spacial score (nSPS) is 11.1. The van der Waals surface area contributed by atoms with Crippen LogP contribution in [0.4, 0.5) is 0 Å². The molecule has 0 radical (unpaired) electrons. The third-order valence-electron chi connectivity index (χ3n) is 9.68. The molecule has 12 nitrogen and oxygen atoms in total. The van der Waals surface area contributed by atoms with Gasteiger partial charge in [-0.1, -0.05) is 233 Å². The van der Waals surface area contributed by atoms with Crippen LogP contribution in [0.15, 0.2) is 0 Å². The summed E-state index contributed by atoms with van der Waals surface area (Å²) in [5, 5.41) is 0. The van der Waals surface area contributed by atoms with Gasteiger partial charge in [-0.3, -0.25) is 12.5 Å². The zero-order chi connectivity index (χ0) is 43.2. The number of hydrogen-bond acceptors (Lipinski definition) is 12. The Kier molecular flexibility index (Phi) is 79.6. The van der Waals surface area contributed by atoms with Crippen molar-refractivity contribution in [2.45, 2.75) is 252 Å². The van der Waals surface area contributed by atoms with Gasteiger partial charge in [-0.2, -0.15) is 0 Å². The van der Waals surface area contributed by atoms with Crippen LogP contribution in [0.2, 0.25) is 0 Å².